The number of piperazine rings is 1. The number of hydrogen-bond acceptors (Lipinski definition) is 5. The first-order valence-corrected chi connectivity index (χ1v) is 7.85. The second kappa shape index (κ2) is 4.92. The summed E-state index contributed by atoms with van der Waals surface area (Å²) in [6.45, 7) is 2.70. The van der Waals surface area contributed by atoms with Crippen LogP contribution < -0.4 is 0 Å². The molecule has 2 saturated heterocycles. The van der Waals surface area contributed by atoms with E-state index in [9.17, 15) is 8.42 Å². The van der Waals surface area contributed by atoms with Crippen molar-refractivity contribution in [3.8, 4) is 6.07 Å². The summed E-state index contributed by atoms with van der Waals surface area (Å²) in [5.41, 5.74) is 0. The van der Waals surface area contributed by atoms with Gasteiger partial charge in [0.05, 0.1) is 24.0 Å². The Morgan fingerprint density at radius 3 is 2.76 bits per heavy atom. The van der Waals surface area contributed by atoms with Crippen LogP contribution in [0.5, 0.6) is 0 Å². The lowest BCUT2D eigenvalue weighted by Gasteiger charge is -2.42. The molecular weight excluding hydrogens is 238 g/mol. The standard InChI is InChI=1S/C11H19N3O2S/c1-13-5-6-14(10(8-13)2-4-12)11-3-7-17(15,16)9-11/h10-11H,2-3,5-9H2,1H3. The predicted molar refractivity (Wildman–Crippen MR) is 65.3 cm³/mol. The fraction of sp³-hybridized carbons (Fsp3) is 0.909. The Bertz CT molecular complexity index is 415. The van der Waals surface area contributed by atoms with Crippen molar-refractivity contribution < 1.29 is 8.42 Å². The van der Waals surface area contributed by atoms with E-state index in [2.05, 4.69) is 15.9 Å². The van der Waals surface area contributed by atoms with Crippen LogP contribution in [-0.2, 0) is 9.84 Å². The molecule has 0 bridgehead atoms. The van der Waals surface area contributed by atoms with Crippen LogP contribution in [0.4, 0.5) is 0 Å². The Morgan fingerprint density at radius 1 is 1.41 bits per heavy atom. The molecule has 2 heterocycles. The van der Waals surface area contributed by atoms with Crippen molar-refractivity contribution >= 4 is 9.84 Å². The lowest BCUT2D eigenvalue weighted by Crippen LogP contribution is -2.55. The van der Waals surface area contributed by atoms with Crippen LogP contribution in [0, 0.1) is 11.3 Å². The van der Waals surface area contributed by atoms with E-state index < -0.39 is 9.84 Å². The number of likely N-dealkylation sites (N-methyl/N-ethyl adjacent to an activating group) is 1. The summed E-state index contributed by atoms with van der Waals surface area (Å²) >= 11 is 0. The average molecular weight is 257 g/mol. The highest BCUT2D eigenvalue weighted by molar-refractivity contribution is 7.91. The molecule has 2 aliphatic heterocycles. The molecule has 2 aliphatic rings. The van der Waals surface area contributed by atoms with Gasteiger partial charge in [0.2, 0.25) is 0 Å². The van der Waals surface area contributed by atoms with E-state index in [0.29, 0.717) is 12.2 Å². The topological polar surface area (TPSA) is 64.4 Å². The normalized spacial score (nSPS) is 34.6. The van der Waals surface area contributed by atoms with Gasteiger partial charge in [0.1, 0.15) is 0 Å². The van der Waals surface area contributed by atoms with E-state index in [4.69, 9.17) is 5.26 Å². The lowest BCUT2D eigenvalue weighted by atomic mass is 10.1. The zero-order chi connectivity index (χ0) is 12.5. The van der Waals surface area contributed by atoms with Gasteiger partial charge in [-0.3, -0.25) is 4.90 Å². The second-order valence-corrected chi connectivity index (χ2v) is 7.30. The number of sulfone groups is 1. The van der Waals surface area contributed by atoms with Crippen molar-refractivity contribution in [1.29, 1.82) is 5.26 Å². The van der Waals surface area contributed by atoms with Crippen LogP contribution in [0.2, 0.25) is 0 Å². The van der Waals surface area contributed by atoms with Crippen molar-refractivity contribution in [3.63, 3.8) is 0 Å². The highest BCUT2D eigenvalue weighted by Crippen LogP contribution is 2.23. The molecule has 0 spiro atoms. The fourth-order valence-corrected chi connectivity index (χ4v) is 4.57. The monoisotopic (exact) mass is 257 g/mol. The molecule has 0 saturated carbocycles. The maximum Gasteiger partial charge on any atom is 0.151 e. The van der Waals surface area contributed by atoms with E-state index in [1.165, 1.54) is 0 Å². The van der Waals surface area contributed by atoms with E-state index in [0.717, 1.165) is 26.1 Å². The van der Waals surface area contributed by atoms with Crippen molar-refractivity contribution in [2.24, 2.45) is 0 Å². The van der Waals surface area contributed by atoms with Crippen molar-refractivity contribution in [3.05, 3.63) is 0 Å². The van der Waals surface area contributed by atoms with Gasteiger partial charge in [-0.25, -0.2) is 8.42 Å². The minimum atomic E-state index is -2.83. The predicted octanol–water partition coefficient (Wildman–Crippen LogP) is -0.297. The van der Waals surface area contributed by atoms with Gasteiger partial charge < -0.3 is 4.90 Å². The fourth-order valence-electron chi connectivity index (χ4n) is 2.83. The summed E-state index contributed by atoms with van der Waals surface area (Å²) in [5, 5.41) is 8.85. The quantitative estimate of drug-likeness (QED) is 0.680. The number of rotatable bonds is 2. The maximum atomic E-state index is 11.5. The van der Waals surface area contributed by atoms with Crippen molar-refractivity contribution in [2.75, 3.05) is 38.2 Å². The summed E-state index contributed by atoms with van der Waals surface area (Å²) in [6, 6.07) is 2.54. The van der Waals surface area contributed by atoms with Crippen LogP contribution in [0.3, 0.4) is 0 Å². The maximum absolute atomic E-state index is 11.5. The lowest BCUT2D eigenvalue weighted by molar-refractivity contribution is 0.0628. The molecular formula is C11H19N3O2S. The van der Waals surface area contributed by atoms with Crippen molar-refractivity contribution in [2.45, 2.75) is 24.9 Å². The first-order chi connectivity index (χ1) is 8.02. The van der Waals surface area contributed by atoms with Gasteiger partial charge in [-0.1, -0.05) is 0 Å². The summed E-state index contributed by atoms with van der Waals surface area (Å²) < 4.78 is 23.0. The average Bonchev–Trinajstić information content (AvgIpc) is 2.59. The third kappa shape index (κ3) is 2.97. The highest BCUT2D eigenvalue weighted by Gasteiger charge is 2.37. The third-order valence-electron chi connectivity index (χ3n) is 3.74. The van der Waals surface area contributed by atoms with Crippen LogP contribution >= 0.6 is 0 Å². The van der Waals surface area contributed by atoms with Gasteiger partial charge in [-0.05, 0) is 13.5 Å². The summed E-state index contributed by atoms with van der Waals surface area (Å²) in [7, 11) is -0.786. The van der Waals surface area contributed by atoms with E-state index >= 15 is 0 Å². The summed E-state index contributed by atoms with van der Waals surface area (Å²) in [6.07, 6.45) is 1.22. The number of nitrogens with zero attached hydrogens (tertiary/aromatic N) is 3. The second-order valence-electron chi connectivity index (χ2n) is 5.07. The molecule has 2 rings (SSSR count). The molecule has 6 heteroatoms. The van der Waals surface area contributed by atoms with E-state index in [1.54, 1.807) is 0 Å². The third-order valence-corrected chi connectivity index (χ3v) is 5.49. The molecule has 0 aromatic carbocycles. The van der Waals surface area contributed by atoms with E-state index in [1.807, 2.05) is 7.05 Å². The number of hydrogen-bond donors (Lipinski definition) is 0. The smallest absolute Gasteiger partial charge is 0.151 e. The molecule has 2 fully saturated rings. The minimum Gasteiger partial charge on any atom is -0.304 e. The van der Waals surface area contributed by atoms with Gasteiger partial charge >= 0.3 is 0 Å². The SMILES string of the molecule is CN1CCN(C2CCS(=O)(=O)C2)C(CC#N)C1. The minimum absolute atomic E-state index is 0.132. The van der Waals surface area contributed by atoms with Crippen molar-refractivity contribution in [1.82, 2.24) is 9.80 Å². The molecule has 17 heavy (non-hydrogen) atoms. The Hall–Kier alpha value is -0.640. The molecule has 0 aromatic heterocycles. The largest absolute Gasteiger partial charge is 0.304 e. The van der Waals surface area contributed by atoms with Gasteiger partial charge in [0, 0.05) is 31.7 Å². The van der Waals surface area contributed by atoms with Gasteiger partial charge in [0.25, 0.3) is 0 Å². The Morgan fingerprint density at radius 2 is 2.18 bits per heavy atom. The molecule has 0 aliphatic carbocycles. The van der Waals surface area contributed by atoms with Gasteiger partial charge in [-0.2, -0.15) is 5.26 Å². The van der Waals surface area contributed by atoms with Crippen LogP contribution in [-0.4, -0.2) is 68.5 Å². The Labute approximate surface area is 103 Å². The summed E-state index contributed by atoms with van der Waals surface area (Å²) in [5.74, 6) is 0.585. The molecule has 0 radical (unpaired) electrons. The molecule has 0 N–H and O–H groups in total. The Kier molecular flexibility index (Phi) is 3.71. The molecule has 2 atom stereocenters. The van der Waals surface area contributed by atoms with Crippen LogP contribution in [0.1, 0.15) is 12.8 Å². The molecule has 96 valence electrons. The zero-order valence-corrected chi connectivity index (χ0v) is 11.0. The van der Waals surface area contributed by atoms with Crippen LogP contribution in [0.25, 0.3) is 0 Å². The Balaban J connectivity index is 2.06. The molecule has 5 nitrogen and oxygen atoms in total. The van der Waals surface area contributed by atoms with Gasteiger partial charge in [-0.15, -0.1) is 0 Å². The highest BCUT2D eigenvalue weighted by atomic mass is 32.2. The van der Waals surface area contributed by atoms with Crippen LogP contribution in [0.15, 0.2) is 0 Å². The molecule has 0 aromatic rings. The number of nitriles is 1. The molecule has 0 amide bonds. The first-order valence-electron chi connectivity index (χ1n) is 6.03. The summed E-state index contributed by atoms with van der Waals surface area (Å²) in [4.78, 5) is 4.45. The first kappa shape index (κ1) is 12.8. The zero-order valence-electron chi connectivity index (χ0n) is 10.2. The molecule has 2 unspecified atom stereocenters. The van der Waals surface area contributed by atoms with Gasteiger partial charge in [0.15, 0.2) is 9.84 Å². The van der Waals surface area contributed by atoms with E-state index in [-0.39, 0.29) is 17.8 Å².